The largest absolute Gasteiger partial charge is 0.497 e. The molecule has 1 aliphatic heterocycles. The molecule has 5 nitrogen and oxygen atoms in total. The second kappa shape index (κ2) is 6.95. The molecule has 1 saturated heterocycles. The van der Waals surface area contributed by atoms with Crippen LogP contribution in [0.25, 0.3) is 5.69 Å². The number of hydrogen-bond donors (Lipinski definition) is 1. The fraction of sp³-hybridized carbons (Fsp3) is 0.526. The van der Waals surface area contributed by atoms with Crippen molar-refractivity contribution < 1.29 is 9.84 Å². The van der Waals surface area contributed by atoms with E-state index in [1.54, 1.807) is 7.11 Å². The number of rotatable bonds is 5. The van der Waals surface area contributed by atoms with Crippen LogP contribution < -0.4 is 4.74 Å². The van der Waals surface area contributed by atoms with Gasteiger partial charge in [0.2, 0.25) is 0 Å². The van der Waals surface area contributed by atoms with Crippen LogP contribution in [0.15, 0.2) is 36.7 Å². The third kappa shape index (κ3) is 3.47. The SMILES string of the molecule is CC[C@H]1CN(Cc2nccn2-c2ccc(OC)cc2)CC[C@@]1(C)O. The molecule has 1 aliphatic rings. The van der Waals surface area contributed by atoms with Gasteiger partial charge in [-0.2, -0.15) is 0 Å². The van der Waals surface area contributed by atoms with Crippen LogP contribution in [0, 0.1) is 5.92 Å². The molecule has 0 unspecified atom stereocenters. The Hall–Kier alpha value is -1.85. The molecule has 130 valence electrons. The zero-order chi connectivity index (χ0) is 17.2. The number of imidazole rings is 1. The van der Waals surface area contributed by atoms with Crippen molar-refractivity contribution in [2.24, 2.45) is 5.92 Å². The van der Waals surface area contributed by atoms with Crippen LogP contribution in [0.1, 0.15) is 32.5 Å². The minimum atomic E-state index is -0.545. The Labute approximate surface area is 143 Å². The van der Waals surface area contributed by atoms with Crippen LogP contribution in [-0.2, 0) is 6.54 Å². The number of hydrogen-bond acceptors (Lipinski definition) is 4. The topological polar surface area (TPSA) is 50.5 Å². The number of likely N-dealkylation sites (tertiary alicyclic amines) is 1. The Bertz CT molecular complexity index is 664. The van der Waals surface area contributed by atoms with Crippen LogP contribution in [0.5, 0.6) is 5.75 Å². The first-order valence-corrected chi connectivity index (χ1v) is 8.65. The molecular weight excluding hydrogens is 302 g/mol. The number of benzene rings is 1. The summed E-state index contributed by atoms with van der Waals surface area (Å²) in [5, 5.41) is 10.5. The second-order valence-corrected chi connectivity index (χ2v) is 6.86. The van der Waals surface area contributed by atoms with Crippen molar-refractivity contribution >= 4 is 0 Å². The van der Waals surface area contributed by atoms with Crippen molar-refractivity contribution in [1.29, 1.82) is 0 Å². The van der Waals surface area contributed by atoms with Gasteiger partial charge < -0.3 is 14.4 Å². The molecular formula is C19H27N3O2. The van der Waals surface area contributed by atoms with Crippen molar-refractivity contribution in [3.63, 3.8) is 0 Å². The lowest BCUT2D eigenvalue weighted by Gasteiger charge is -2.42. The highest BCUT2D eigenvalue weighted by molar-refractivity contribution is 5.38. The minimum Gasteiger partial charge on any atom is -0.497 e. The lowest BCUT2D eigenvalue weighted by molar-refractivity contribution is -0.0613. The molecule has 2 heterocycles. The maximum Gasteiger partial charge on any atom is 0.127 e. The molecule has 1 fully saturated rings. The van der Waals surface area contributed by atoms with E-state index in [2.05, 4.69) is 21.4 Å². The molecule has 2 aromatic rings. The fourth-order valence-corrected chi connectivity index (χ4v) is 3.53. The van der Waals surface area contributed by atoms with Gasteiger partial charge in [-0.1, -0.05) is 6.92 Å². The van der Waals surface area contributed by atoms with Crippen molar-refractivity contribution in [1.82, 2.24) is 14.5 Å². The molecule has 0 aliphatic carbocycles. The molecule has 1 aromatic carbocycles. The lowest BCUT2D eigenvalue weighted by atomic mass is 9.81. The van der Waals surface area contributed by atoms with Crippen LogP contribution in [0.3, 0.4) is 0 Å². The molecule has 2 atom stereocenters. The zero-order valence-electron chi connectivity index (χ0n) is 14.8. The molecule has 0 spiro atoms. The van der Waals surface area contributed by atoms with Crippen LogP contribution in [0.2, 0.25) is 0 Å². The number of piperidine rings is 1. The quantitative estimate of drug-likeness (QED) is 0.916. The average molecular weight is 329 g/mol. The van der Waals surface area contributed by atoms with Gasteiger partial charge in [-0.3, -0.25) is 4.90 Å². The number of nitrogens with zero attached hydrogens (tertiary/aromatic N) is 3. The van der Waals surface area contributed by atoms with Crippen molar-refractivity contribution in [2.75, 3.05) is 20.2 Å². The predicted molar refractivity (Wildman–Crippen MR) is 94.4 cm³/mol. The Morgan fingerprint density at radius 3 is 2.75 bits per heavy atom. The van der Waals surface area contributed by atoms with E-state index in [-0.39, 0.29) is 0 Å². The van der Waals surface area contributed by atoms with Crippen LogP contribution in [0.4, 0.5) is 0 Å². The van der Waals surface area contributed by atoms with Crippen molar-refractivity contribution in [3.05, 3.63) is 42.5 Å². The van der Waals surface area contributed by atoms with E-state index in [0.717, 1.165) is 49.7 Å². The van der Waals surface area contributed by atoms with E-state index in [4.69, 9.17) is 4.74 Å². The van der Waals surface area contributed by atoms with Gasteiger partial charge in [0, 0.05) is 31.2 Å². The van der Waals surface area contributed by atoms with E-state index in [9.17, 15) is 5.11 Å². The third-order valence-corrected chi connectivity index (χ3v) is 5.22. The molecule has 3 rings (SSSR count). The summed E-state index contributed by atoms with van der Waals surface area (Å²) in [6.07, 6.45) is 5.65. The molecule has 0 bridgehead atoms. The number of aliphatic hydroxyl groups is 1. The molecule has 0 amide bonds. The highest BCUT2D eigenvalue weighted by Crippen LogP contribution is 2.30. The molecule has 1 N–H and O–H groups in total. The highest BCUT2D eigenvalue weighted by atomic mass is 16.5. The van der Waals surface area contributed by atoms with Gasteiger partial charge in [-0.05, 0) is 49.9 Å². The second-order valence-electron chi connectivity index (χ2n) is 6.86. The Morgan fingerprint density at radius 1 is 1.33 bits per heavy atom. The van der Waals surface area contributed by atoms with Gasteiger partial charge in [0.05, 0.1) is 19.3 Å². The summed E-state index contributed by atoms with van der Waals surface area (Å²) in [5.41, 5.74) is 0.538. The predicted octanol–water partition coefficient (Wildman–Crippen LogP) is 2.86. The summed E-state index contributed by atoms with van der Waals surface area (Å²) in [4.78, 5) is 6.94. The smallest absolute Gasteiger partial charge is 0.127 e. The van der Waals surface area contributed by atoms with Gasteiger partial charge >= 0.3 is 0 Å². The summed E-state index contributed by atoms with van der Waals surface area (Å²) < 4.78 is 7.34. The average Bonchev–Trinajstić information content (AvgIpc) is 3.04. The maximum atomic E-state index is 10.5. The Balaban J connectivity index is 1.74. The summed E-state index contributed by atoms with van der Waals surface area (Å²) in [7, 11) is 1.67. The monoisotopic (exact) mass is 329 g/mol. The maximum absolute atomic E-state index is 10.5. The molecule has 24 heavy (non-hydrogen) atoms. The molecule has 1 aromatic heterocycles. The highest BCUT2D eigenvalue weighted by Gasteiger charge is 2.36. The van der Waals surface area contributed by atoms with Gasteiger partial charge in [0.1, 0.15) is 11.6 Å². The Kier molecular flexibility index (Phi) is 4.92. The number of ether oxygens (including phenoxy) is 1. The Morgan fingerprint density at radius 2 is 2.08 bits per heavy atom. The molecule has 5 heteroatoms. The van der Waals surface area contributed by atoms with Gasteiger partial charge in [-0.25, -0.2) is 4.98 Å². The van der Waals surface area contributed by atoms with E-state index in [1.807, 2.05) is 43.6 Å². The zero-order valence-corrected chi connectivity index (χ0v) is 14.8. The first-order chi connectivity index (χ1) is 11.5. The first-order valence-electron chi connectivity index (χ1n) is 8.65. The lowest BCUT2D eigenvalue weighted by Crippen LogP contribution is -2.49. The van der Waals surface area contributed by atoms with Gasteiger partial charge in [0.15, 0.2) is 0 Å². The molecule has 0 radical (unpaired) electrons. The summed E-state index contributed by atoms with van der Waals surface area (Å²) >= 11 is 0. The van der Waals surface area contributed by atoms with Crippen LogP contribution >= 0.6 is 0 Å². The standard InChI is InChI=1S/C19H27N3O2/c1-4-15-13-21(11-9-19(15,2)23)14-18-20-10-12-22(18)16-5-7-17(24-3)8-6-16/h5-8,10,12,15,23H,4,9,11,13-14H2,1-3H3/t15-,19+/m0/s1. The summed E-state index contributed by atoms with van der Waals surface area (Å²) in [6, 6.07) is 8.01. The van der Waals surface area contributed by atoms with E-state index in [0.29, 0.717) is 5.92 Å². The van der Waals surface area contributed by atoms with Gasteiger partial charge in [0.25, 0.3) is 0 Å². The van der Waals surface area contributed by atoms with E-state index in [1.165, 1.54) is 0 Å². The van der Waals surface area contributed by atoms with E-state index < -0.39 is 5.60 Å². The number of aromatic nitrogens is 2. The normalized spacial score (nSPS) is 24.9. The first kappa shape index (κ1) is 17.0. The fourth-order valence-electron chi connectivity index (χ4n) is 3.53. The van der Waals surface area contributed by atoms with Crippen LogP contribution in [-0.4, -0.2) is 45.4 Å². The van der Waals surface area contributed by atoms with E-state index >= 15 is 0 Å². The summed E-state index contributed by atoms with van der Waals surface area (Å²) in [5.74, 6) is 2.19. The van der Waals surface area contributed by atoms with Crippen molar-refractivity contribution in [3.8, 4) is 11.4 Å². The summed E-state index contributed by atoms with van der Waals surface area (Å²) in [6.45, 7) is 6.74. The number of methoxy groups -OCH3 is 1. The third-order valence-electron chi connectivity index (χ3n) is 5.22. The minimum absolute atomic E-state index is 0.315. The molecule has 0 saturated carbocycles. The van der Waals surface area contributed by atoms with Gasteiger partial charge in [-0.15, -0.1) is 0 Å². The van der Waals surface area contributed by atoms with Crippen molar-refractivity contribution in [2.45, 2.75) is 38.8 Å².